The number of amides is 1. The van der Waals surface area contributed by atoms with Crippen molar-refractivity contribution in [3.8, 4) is 5.82 Å². The lowest BCUT2D eigenvalue weighted by Gasteiger charge is -2.33. The molecule has 34 heavy (non-hydrogen) atoms. The van der Waals surface area contributed by atoms with Gasteiger partial charge in [-0.05, 0) is 25.7 Å². The van der Waals surface area contributed by atoms with E-state index in [9.17, 15) is 9.59 Å². The number of rotatable bonds is 7. The molecule has 1 aliphatic carbocycles. The van der Waals surface area contributed by atoms with E-state index in [0.29, 0.717) is 25.6 Å². The van der Waals surface area contributed by atoms with Crippen LogP contribution in [0.1, 0.15) is 50.1 Å². The van der Waals surface area contributed by atoms with E-state index in [1.807, 2.05) is 16.8 Å². The highest BCUT2D eigenvalue weighted by Crippen LogP contribution is 2.32. The molecule has 178 valence electrons. The second kappa shape index (κ2) is 10.1. The van der Waals surface area contributed by atoms with Crippen LogP contribution >= 0.6 is 0 Å². The van der Waals surface area contributed by atoms with Crippen LogP contribution in [0.15, 0.2) is 48.3 Å². The van der Waals surface area contributed by atoms with Gasteiger partial charge in [-0.15, -0.1) is 0 Å². The second-order valence-corrected chi connectivity index (χ2v) is 9.11. The lowest BCUT2D eigenvalue weighted by Crippen LogP contribution is -2.44. The van der Waals surface area contributed by atoms with Gasteiger partial charge < -0.3 is 10.2 Å². The first-order valence-corrected chi connectivity index (χ1v) is 12.1. The van der Waals surface area contributed by atoms with Gasteiger partial charge in [-0.3, -0.25) is 18.7 Å². The Labute approximate surface area is 198 Å². The molecule has 1 saturated carbocycles. The Morgan fingerprint density at radius 1 is 1.03 bits per heavy atom. The number of carbonyl (C=O) groups excluding carboxylic acids is 1. The summed E-state index contributed by atoms with van der Waals surface area (Å²) in [7, 11) is 0. The van der Waals surface area contributed by atoms with E-state index in [1.165, 1.54) is 19.2 Å². The standard InChI is InChI=1S/C24H30N8O2/c33-23-12-20(18-4-1-2-5-18)29-17-32(23)11-8-26-24(34)19-6-3-9-30(14-19)21-13-22(28-15-27-21)31-10-7-25-16-31/h7,10,12-13,15-19H,1-6,8-9,11,14H2,(H,26,34). The third-order valence-electron chi connectivity index (χ3n) is 6.85. The second-order valence-electron chi connectivity index (χ2n) is 9.11. The summed E-state index contributed by atoms with van der Waals surface area (Å²) in [6.45, 7) is 2.26. The molecule has 1 N–H and O–H groups in total. The molecular formula is C24H30N8O2. The van der Waals surface area contributed by atoms with Gasteiger partial charge in [0.1, 0.15) is 24.3 Å². The minimum absolute atomic E-state index is 0.0113. The normalized spacial score (nSPS) is 18.8. The summed E-state index contributed by atoms with van der Waals surface area (Å²) in [5, 5.41) is 3.01. The van der Waals surface area contributed by atoms with Crippen LogP contribution in [-0.2, 0) is 11.3 Å². The van der Waals surface area contributed by atoms with Gasteiger partial charge >= 0.3 is 0 Å². The Morgan fingerprint density at radius 2 is 1.88 bits per heavy atom. The van der Waals surface area contributed by atoms with Gasteiger partial charge in [0, 0.05) is 56.6 Å². The van der Waals surface area contributed by atoms with Crippen molar-refractivity contribution in [2.45, 2.75) is 51.0 Å². The molecule has 3 aromatic heterocycles. The Kier molecular flexibility index (Phi) is 6.64. The molecule has 3 aromatic rings. The van der Waals surface area contributed by atoms with Crippen LogP contribution in [0.5, 0.6) is 0 Å². The first-order valence-electron chi connectivity index (χ1n) is 12.1. The monoisotopic (exact) mass is 462 g/mol. The van der Waals surface area contributed by atoms with Crippen molar-refractivity contribution < 1.29 is 4.79 Å². The van der Waals surface area contributed by atoms with E-state index in [2.05, 4.69) is 30.2 Å². The number of aromatic nitrogens is 6. The molecule has 1 unspecified atom stereocenters. The van der Waals surface area contributed by atoms with Crippen molar-refractivity contribution in [1.82, 2.24) is 34.4 Å². The molecule has 10 heteroatoms. The van der Waals surface area contributed by atoms with Crippen LogP contribution in [-0.4, -0.2) is 54.6 Å². The third kappa shape index (κ3) is 5.00. The molecule has 1 atom stereocenters. The summed E-state index contributed by atoms with van der Waals surface area (Å²) in [5.41, 5.74) is 0.860. The molecule has 0 spiro atoms. The first-order chi connectivity index (χ1) is 16.7. The number of carbonyl (C=O) groups is 1. The first kappa shape index (κ1) is 22.2. The number of nitrogens with one attached hydrogen (secondary N) is 1. The molecule has 1 saturated heterocycles. The number of nitrogens with zero attached hydrogens (tertiary/aromatic N) is 7. The van der Waals surface area contributed by atoms with Crippen molar-refractivity contribution in [3.63, 3.8) is 0 Å². The van der Waals surface area contributed by atoms with Gasteiger partial charge in [0.2, 0.25) is 5.91 Å². The third-order valence-corrected chi connectivity index (χ3v) is 6.85. The Bertz CT molecular complexity index is 1170. The molecule has 4 heterocycles. The molecule has 2 aliphatic rings. The van der Waals surface area contributed by atoms with Crippen LogP contribution in [0.2, 0.25) is 0 Å². The average molecular weight is 463 g/mol. The highest BCUT2D eigenvalue weighted by Gasteiger charge is 2.26. The maximum atomic E-state index is 12.8. The van der Waals surface area contributed by atoms with Gasteiger partial charge in [0.05, 0.1) is 17.9 Å². The smallest absolute Gasteiger partial charge is 0.253 e. The molecule has 5 rings (SSSR count). The van der Waals surface area contributed by atoms with Gasteiger partial charge in [-0.1, -0.05) is 12.8 Å². The predicted molar refractivity (Wildman–Crippen MR) is 127 cm³/mol. The SMILES string of the molecule is O=C(NCCn1cnc(C2CCCC2)cc1=O)C1CCCN(c2cc(-n3ccnc3)ncn2)C1. The minimum Gasteiger partial charge on any atom is -0.356 e. The molecule has 10 nitrogen and oxygen atoms in total. The molecule has 0 radical (unpaired) electrons. The highest BCUT2D eigenvalue weighted by molar-refractivity contribution is 5.79. The van der Waals surface area contributed by atoms with Crippen LogP contribution in [0, 0.1) is 5.92 Å². The topological polar surface area (TPSA) is 111 Å². The van der Waals surface area contributed by atoms with Crippen molar-refractivity contribution in [2.75, 3.05) is 24.5 Å². The summed E-state index contributed by atoms with van der Waals surface area (Å²) >= 11 is 0. The van der Waals surface area contributed by atoms with Crippen LogP contribution in [0.25, 0.3) is 5.82 Å². The summed E-state index contributed by atoms with van der Waals surface area (Å²) in [6.07, 6.45) is 14.8. The summed E-state index contributed by atoms with van der Waals surface area (Å²) in [4.78, 5) is 44.7. The highest BCUT2D eigenvalue weighted by atomic mass is 16.2. The van der Waals surface area contributed by atoms with Crippen molar-refractivity contribution >= 4 is 11.7 Å². The summed E-state index contributed by atoms with van der Waals surface area (Å²) in [6, 6.07) is 3.58. The number of imidazole rings is 1. The fourth-order valence-electron chi connectivity index (χ4n) is 4.94. The lowest BCUT2D eigenvalue weighted by atomic mass is 9.97. The fourth-order valence-corrected chi connectivity index (χ4v) is 4.94. The molecular weight excluding hydrogens is 432 g/mol. The zero-order valence-electron chi connectivity index (χ0n) is 19.2. The lowest BCUT2D eigenvalue weighted by molar-refractivity contribution is -0.125. The Balaban J connectivity index is 1.15. The predicted octanol–water partition coefficient (Wildman–Crippen LogP) is 1.91. The van der Waals surface area contributed by atoms with E-state index in [4.69, 9.17) is 0 Å². The largest absolute Gasteiger partial charge is 0.356 e. The maximum Gasteiger partial charge on any atom is 0.253 e. The number of anilines is 1. The van der Waals surface area contributed by atoms with E-state index < -0.39 is 0 Å². The van der Waals surface area contributed by atoms with Gasteiger partial charge in [0.15, 0.2) is 0 Å². The van der Waals surface area contributed by atoms with Gasteiger partial charge in [-0.25, -0.2) is 19.9 Å². The molecule has 1 amide bonds. The maximum absolute atomic E-state index is 12.8. The zero-order chi connectivity index (χ0) is 23.3. The van der Waals surface area contributed by atoms with E-state index in [0.717, 1.165) is 49.6 Å². The van der Waals surface area contributed by atoms with Crippen LogP contribution in [0.3, 0.4) is 0 Å². The molecule has 2 fully saturated rings. The van der Waals surface area contributed by atoms with Crippen LogP contribution < -0.4 is 15.8 Å². The minimum atomic E-state index is -0.125. The van der Waals surface area contributed by atoms with Crippen molar-refractivity contribution in [3.05, 3.63) is 59.6 Å². The zero-order valence-corrected chi connectivity index (χ0v) is 19.2. The summed E-state index contributed by atoms with van der Waals surface area (Å²) in [5.74, 6) is 1.85. The number of hydrogen-bond donors (Lipinski definition) is 1. The average Bonchev–Trinajstić information content (AvgIpc) is 3.60. The van der Waals surface area contributed by atoms with Crippen molar-refractivity contribution in [1.29, 1.82) is 0 Å². The Morgan fingerprint density at radius 3 is 2.68 bits per heavy atom. The van der Waals surface area contributed by atoms with E-state index in [1.54, 1.807) is 29.5 Å². The quantitative estimate of drug-likeness (QED) is 0.571. The van der Waals surface area contributed by atoms with Gasteiger partial charge in [-0.2, -0.15) is 0 Å². The molecule has 0 bridgehead atoms. The molecule has 1 aliphatic heterocycles. The summed E-state index contributed by atoms with van der Waals surface area (Å²) < 4.78 is 3.40. The van der Waals surface area contributed by atoms with E-state index in [-0.39, 0.29) is 17.4 Å². The van der Waals surface area contributed by atoms with Gasteiger partial charge in [0.25, 0.3) is 5.56 Å². The molecule has 0 aromatic carbocycles. The number of hydrogen-bond acceptors (Lipinski definition) is 7. The van der Waals surface area contributed by atoms with Crippen LogP contribution in [0.4, 0.5) is 5.82 Å². The number of piperidine rings is 1. The van der Waals surface area contributed by atoms with E-state index >= 15 is 0 Å². The fraction of sp³-hybridized carbons (Fsp3) is 0.500. The Hall–Kier alpha value is -3.56. The van der Waals surface area contributed by atoms with Crippen molar-refractivity contribution in [2.24, 2.45) is 5.92 Å².